The molecule has 1 aromatic carbocycles. The monoisotopic (exact) mass is 1130 g/mol. The van der Waals surface area contributed by atoms with Gasteiger partial charge in [0.1, 0.15) is 12.4 Å². The van der Waals surface area contributed by atoms with Crippen molar-refractivity contribution in [2.75, 3.05) is 26.4 Å². The Morgan fingerprint density at radius 2 is 1.14 bits per heavy atom. The molecule has 11 nitrogen and oxygen atoms in total. The number of fused-ring (bicyclic) bond motifs is 5. The maximum atomic E-state index is 14.2. The Morgan fingerprint density at radius 1 is 0.651 bits per heavy atom. The van der Waals surface area contributed by atoms with Crippen LogP contribution in [0.5, 0.6) is 17.2 Å². The van der Waals surface area contributed by atoms with Crippen LogP contribution >= 0.6 is 0 Å². The SMILES string of the molecule is C=CCCCCCCCCCOc1cc(COC(=O)CC[C@@H]2C3=C4CC(O)=C5C4=NC(=C5C)C=C4N=C(C=C5N=C(C=C(N3)[C@H]2C)C(C)=C5CO)C(C)=C4CC)cc(OCCCCCCCCCC=C)c1OCCCCCCCCCC=C. The highest BCUT2D eigenvalue weighted by atomic mass is 16.5. The molecule has 5 aliphatic heterocycles. The molecule has 1 aliphatic carbocycles. The molecule has 0 spiro atoms. The zero-order valence-corrected chi connectivity index (χ0v) is 51.5. The van der Waals surface area contributed by atoms with Gasteiger partial charge in [-0.3, -0.25) is 4.79 Å². The Bertz CT molecular complexity index is 2770. The van der Waals surface area contributed by atoms with Gasteiger partial charge in [-0.05, 0) is 150 Å². The maximum absolute atomic E-state index is 14.2. The van der Waals surface area contributed by atoms with Crippen LogP contribution in [0.4, 0.5) is 0 Å². The third-order valence-corrected chi connectivity index (χ3v) is 17.4. The maximum Gasteiger partial charge on any atom is 0.306 e. The Labute approximate surface area is 498 Å². The smallest absolute Gasteiger partial charge is 0.306 e. The number of nitrogens with one attached hydrogen (secondary N) is 1. The number of benzene rings is 1. The second-order valence-electron chi connectivity index (χ2n) is 23.6. The predicted octanol–water partition coefficient (Wildman–Crippen LogP) is 18.2. The first-order valence-electron chi connectivity index (χ1n) is 32.1. The van der Waals surface area contributed by atoms with Crippen LogP contribution in [0.15, 0.2) is 157 Å². The van der Waals surface area contributed by atoms with Crippen LogP contribution in [-0.2, 0) is 16.1 Å². The largest absolute Gasteiger partial charge is 0.511 e. The summed E-state index contributed by atoms with van der Waals surface area (Å²) < 4.78 is 26.1. The first-order chi connectivity index (χ1) is 40.5. The molecule has 8 bridgehead atoms. The summed E-state index contributed by atoms with van der Waals surface area (Å²) in [4.78, 5) is 29.6. The van der Waals surface area contributed by atoms with Crippen LogP contribution < -0.4 is 19.5 Å². The highest BCUT2D eigenvalue weighted by Crippen LogP contribution is 2.47. The number of carbonyl (C=O) groups is 1. The normalized spacial score (nSPS) is 18.1. The average Bonchev–Trinajstić information content (AvgIpc) is 4.46. The lowest BCUT2D eigenvalue weighted by Crippen LogP contribution is -2.16. The number of aliphatic imine (C=N–C) groups is 3. The van der Waals surface area contributed by atoms with E-state index in [4.69, 9.17) is 33.9 Å². The predicted molar refractivity (Wildman–Crippen MR) is 342 cm³/mol. The number of hydrogen-bond donors (Lipinski definition) is 3. The minimum atomic E-state index is -0.303. The van der Waals surface area contributed by atoms with Gasteiger partial charge in [0.25, 0.3) is 0 Å². The molecular formula is C72H100N4O7. The van der Waals surface area contributed by atoms with E-state index in [-0.39, 0.29) is 37.4 Å². The topological polar surface area (TPSA) is 144 Å². The highest BCUT2D eigenvalue weighted by Gasteiger charge is 2.41. The van der Waals surface area contributed by atoms with Crippen LogP contribution in [-0.4, -0.2) is 59.7 Å². The van der Waals surface area contributed by atoms with Gasteiger partial charge in [0.05, 0.1) is 60.7 Å². The second-order valence-corrected chi connectivity index (χ2v) is 23.6. The summed E-state index contributed by atoms with van der Waals surface area (Å²) >= 11 is 0. The fraction of sp³-hybridized carbons (Fsp3) is 0.556. The van der Waals surface area contributed by atoms with Gasteiger partial charge in [-0.1, -0.05) is 128 Å². The van der Waals surface area contributed by atoms with Gasteiger partial charge >= 0.3 is 5.97 Å². The molecule has 11 heteroatoms. The van der Waals surface area contributed by atoms with Crippen molar-refractivity contribution in [3.05, 3.63) is 147 Å². The third-order valence-electron chi connectivity index (χ3n) is 17.4. The van der Waals surface area contributed by atoms with Crippen molar-refractivity contribution in [2.24, 2.45) is 26.8 Å². The first kappa shape index (κ1) is 64.4. The second kappa shape index (κ2) is 33.9. The van der Waals surface area contributed by atoms with Gasteiger partial charge in [-0.2, -0.15) is 0 Å². The first-order valence-corrected chi connectivity index (χ1v) is 32.1. The van der Waals surface area contributed by atoms with Gasteiger partial charge in [0.2, 0.25) is 5.75 Å². The van der Waals surface area contributed by atoms with Crippen LogP contribution in [0.2, 0.25) is 0 Å². The highest BCUT2D eigenvalue weighted by molar-refractivity contribution is 6.21. The quantitative estimate of drug-likeness (QED) is 0.0335. The summed E-state index contributed by atoms with van der Waals surface area (Å²) in [5.74, 6) is 1.73. The standard InChI is InChI=1S/C72H100N4O7/c1-9-13-16-19-22-25-28-31-34-39-80-66-42-54(43-67(81-40-35-32-29-26-23-20-17-14-10-2)72(66)82-41-36-33-30-27-24-21-18-15-11-3)49-83-68(79)38-37-56-51(6)61-45-59-52(7)58(48-77)64(74-59)46-60-50(5)55(12-4)63(73-60)47-62-53(8)69-65(78)44-57(70(56)75-61)71(69)76-62/h9-11,42-43,45-47,51,56,75,77-78H,1-3,12-41,44,48-49H2,4-8H3/t51-,56-/m0/s1. The van der Waals surface area contributed by atoms with Crippen molar-refractivity contribution in [3.63, 3.8) is 0 Å². The molecule has 6 aliphatic rings. The molecule has 2 atom stereocenters. The van der Waals surface area contributed by atoms with Crippen LogP contribution in [0, 0.1) is 11.8 Å². The van der Waals surface area contributed by atoms with Gasteiger partial charge in [-0.25, -0.2) is 15.0 Å². The number of unbranched alkanes of at least 4 members (excludes halogenated alkanes) is 21. The summed E-state index contributed by atoms with van der Waals surface area (Å²) in [6, 6.07) is 3.97. The molecule has 0 radical (unpaired) electrons. The van der Waals surface area contributed by atoms with Crippen molar-refractivity contribution in [1.82, 2.24) is 5.32 Å². The lowest BCUT2D eigenvalue weighted by Gasteiger charge is -2.19. The number of hydrogen-bond acceptors (Lipinski definition) is 11. The van der Waals surface area contributed by atoms with E-state index in [9.17, 15) is 15.0 Å². The molecule has 1 fully saturated rings. The number of allylic oxidation sites excluding steroid dienone is 14. The van der Waals surface area contributed by atoms with Gasteiger partial charge in [-0.15, -0.1) is 19.7 Å². The Balaban J connectivity index is 1.09. The molecule has 83 heavy (non-hydrogen) atoms. The molecule has 0 saturated carbocycles. The summed E-state index contributed by atoms with van der Waals surface area (Å²) in [5.41, 5.74) is 13.8. The molecule has 1 aromatic rings. The zero-order valence-electron chi connectivity index (χ0n) is 51.5. The van der Waals surface area contributed by atoms with E-state index in [0.29, 0.717) is 61.4 Å². The van der Waals surface area contributed by atoms with Crippen molar-refractivity contribution in [2.45, 2.75) is 221 Å². The van der Waals surface area contributed by atoms with Crippen LogP contribution in [0.1, 0.15) is 220 Å². The molecule has 1 saturated heterocycles. The lowest BCUT2D eigenvalue weighted by atomic mass is 9.86. The van der Waals surface area contributed by atoms with E-state index in [1.54, 1.807) is 0 Å². The molecular weight excluding hydrogens is 1030 g/mol. The molecule has 0 amide bonds. The summed E-state index contributed by atoms with van der Waals surface area (Å²) in [6.07, 6.45) is 41.6. The number of aliphatic hydroxyl groups excluding tert-OH is 2. The number of rotatable bonds is 40. The summed E-state index contributed by atoms with van der Waals surface area (Å²) in [7, 11) is 0. The molecule has 0 unspecified atom stereocenters. The van der Waals surface area contributed by atoms with Gasteiger partial charge in [0, 0.05) is 52.8 Å². The fourth-order valence-corrected chi connectivity index (χ4v) is 12.3. The van der Waals surface area contributed by atoms with Crippen LogP contribution in [0.25, 0.3) is 0 Å². The molecule has 7 rings (SSSR count). The van der Waals surface area contributed by atoms with Gasteiger partial charge < -0.3 is 34.5 Å². The van der Waals surface area contributed by atoms with Crippen molar-refractivity contribution in [3.8, 4) is 17.2 Å². The van der Waals surface area contributed by atoms with E-state index in [2.05, 4.69) is 51.9 Å². The third kappa shape index (κ3) is 17.9. The van der Waals surface area contributed by atoms with Crippen molar-refractivity contribution in [1.29, 1.82) is 0 Å². The minimum absolute atomic E-state index is 0.0485. The van der Waals surface area contributed by atoms with E-state index in [1.165, 1.54) is 96.3 Å². The molecule has 5 heterocycles. The molecule has 0 aromatic heterocycles. The summed E-state index contributed by atoms with van der Waals surface area (Å²) in [6.45, 7) is 23.6. The van der Waals surface area contributed by atoms with Gasteiger partial charge in [0.15, 0.2) is 11.5 Å². The Kier molecular flexibility index (Phi) is 26.3. The van der Waals surface area contributed by atoms with E-state index < -0.39 is 0 Å². The van der Waals surface area contributed by atoms with Crippen LogP contribution in [0.3, 0.4) is 0 Å². The van der Waals surface area contributed by atoms with E-state index >= 15 is 0 Å². The Morgan fingerprint density at radius 3 is 1.67 bits per heavy atom. The Hall–Kier alpha value is -6.20. The fourth-order valence-electron chi connectivity index (χ4n) is 12.3. The van der Waals surface area contributed by atoms with Crippen molar-refractivity contribution >= 4 is 23.1 Å². The zero-order chi connectivity index (χ0) is 58.9. The van der Waals surface area contributed by atoms with E-state index in [0.717, 1.165) is 149 Å². The number of carbonyl (C=O) groups excluding carboxylic acids is 1. The number of esters is 1. The number of aliphatic hydroxyl groups is 2. The lowest BCUT2D eigenvalue weighted by molar-refractivity contribution is -0.145. The molecule has 3 N–H and O–H groups in total. The average molecular weight is 1130 g/mol. The molecule has 450 valence electrons. The number of nitrogens with zero attached hydrogens (tertiary/aromatic N) is 3. The van der Waals surface area contributed by atoms with Crippen molar-refractivity contribution < 1.29 is 34.0 Å². The number of ether oxygens (including phenoxy) is 4. The minimum Gasteiger partial charge on any atom is -0.511 e. The van der Waals surface area contributed by atoms with E-state index in [1.807, 2.05) is 56.4 Å². The summed E-state index contributed by atoms with van der Waals surface area (Å²) in [5, 5.41) is 26.2.